The van der Waals surface area contributed by atoms with E-state index in [0.29, 0.717) is 55.9 Å². The van der Waals surface area contributed by atoms with Crippen LogP contribution in [0.5, 0.6) is 11.6 Å². The first-order chi connectivity index (χ1) is 21.3. The van der Waals surface area contributed by atoms with E-state index in [2.05, 4.69) is 35.8 Å². The number of rotatable bonds is 10. The Labute approximate surface area is 250 Å². The number of nitrogens with zero attached hydrogens (tertiary/aromatic N) is 3. The Morgan fingerprint density at radius 3 is 2.36 bits per heavy atom. The summed E-state index contributed by atoms with van der Waals surface area (Å²) in [5.41, 5.74) is -0.213. The molecule has 1 aliphatic heterocycles. The lowest BCUT2D eigenvalue weighted by molar-refractivity contribution is -0.131. The number of H-pyrrole nitrogens is 1. The van der Waals surface area contributed by atoms with Crippen molar-refractivity contribution in [3.8, 4) is 11.6 Å². The molecule has 0 bridgehead atoms. The summed E-state index contributed by atoms with van der Waals surface area (Å²) in [6.07, 6.45) is 1.88. The van der Waals surface area contributed by atoms with Crippen molar-refractivity contribution in [1.82, 2.24) is 25.2 Å². The van der Waals surface area contributed by atoms with E-state index in [0.717, 1.165) is 19.2 Å². The fourth-order valence-electron chi connectivity index (χ4n) is 4.85. The molecule has 4 aromatic rings. The molecule has 4 N–H and O–H groups in total. The number of amides is 3. The van der Waals surface area contributed by atoms with Gasteiger partial charge in [-0.15, -0.1) is 0 Å². The summed E-state index contributed by atoms with van der Waals surface area (Å²) >= 11 is 0. The summed E-state index contributed by atoms with van der Waals surface area (Å²) in [5, 5.41) is 8.47. The van der Waals surface area contributed by atoms with Crippen molar-refractivity contribution in [3.05, 3.63) is 72.2 Å². The van der Waals surface area contributed by atoms with Gasteiger partial charge in [0.15, 0.2) is 11.6 Å². The molecule has 44 heavy (non-hydrogen) atoms. The number of carbonyl (C=O) groups is 3. The molecule has 2 fully saturated rings. The average molecular weight is 606 g/mol. The number of benzene rings is 2. The molecular formula is C30H29F2N7O5. The molecule has 2 aromatic carbocycles. The molecule has 0 unspecified atom stereocenters. The van der Waals surface area contributed by atoms with Gasteiger partial charge in [-0.2, -0.15) is 0 Å². The molecule has 2 aromatic heterocycles. The Morgan fingerprint density at radius 1 is 0.955 bits per heavy atom. The van der Waals surface area contributed by atoms with Crippen molar-refractivity contribution >= 4 is 40.1 Å². The maximum atomic E-state index is 15.1. The van der Waals surface area contributed by atoms with Crippen LogP contribution in [0, 0.1) is 17.0 Å². The monoisotopic (exact) mass is 605 g/mol. The first-order valence-corrected chi connectivity index (χ1v) is 14.1. The number of ether oxygens (including phenoxy) is 2. The third kappa shape index (κ3) is 6.35. The maximum absolute atomic E-state index is 15.1. The molecule has 14 heteroatoms. The summed E-state index contributed by atoms with van der Waals surface area (Å²) in [6, 6.07) is 10.6. The van der Waals surface area contributed by atoms with E-state index < -0.39 is 28.9 Å². The van der Waals surface area contributed by atoms with E-state index in [-0.39, 0.29) is 28.9 Å². The lowest BCUT2D eigenvalue weighted by atomic mass is 10.0. The Balaban J connectivity index is 1.08. The smallest absolute Gasteiger partial charge is 0.267 e. The van der Waals surface area contributed by atoms with Crippen LogP contribution in [0.3, 0.4) is 0 Å². The van der Waals surface area contributed by atoms with Gasteiger partial charge < -0.3 is 30.4 Å². The number of fused-ring (bicyclic) bond motifs is 1. The van der Waals surface area contributed by atoms with Crippen molar-refractivity contribution < 1.29 is 32.6 Å². The lowest BCUT2D eigenvalue weighted by Gasteiger charge is -2.26. The average Bonchev–Trinajstić information content (AvgIpc) is 3.72. The minimum absolute atomic E-state index is 0.0312. The van der Waals surface area contributed by atoms with Crippen LogP contribution in [0.4, 0.5) is 20.2 Å². The number of morpholine rings is 1. The zero-order valence-electron chi connectivity index (χ0n) is 23.5. The van der Waals surface area contributed by atoms with Crippen LogP contribution in [-0.4, -0.2) is 77.0 Å². The van der Waals surface area contributed by atoms with Gasteiger partial charge in [-0.05, 0) is 55.3 Å². The number of hydrogen-bond donors (Lipinski definition) is 4. The highest BCUT2D eigenvalue weighted by Gasteiger charge is 2.56. The van der Waals surface area contributed by atoms with E-state index in [9.17, 15) is 18.8 Å². The molecule has 3 amide bonds. The van der Waals surface area contributed by atoms with Gasteiger partial charge in [0.05, 0.1) is 18.6 Å². The molecule has 1 aliphatic carbocycles. The highest BCUT2D eigenvalue weighted by molar-refractivity contribution is 6.16. The van der Waals surface area contributed by atoms with Crippen LogP contribution in [0.15, 0.2) is 54.9 Å². The van der Waals surface area contributed by atoms with Gasteiger partial charge in [-0.3, -0.25) is 19.3 Å². The molecule has 1 saturated carbocycles. The van der Waals surface area contributed by atoms with Crippen molar-refractivity contribution in [2.75, 3.05) is 50.0 Å². The van der Waals surface area contributed by atoms with Gasteiger partial charge in [0.25, 0.3) is 5.91 Å². The number of aromatic nitrogens is 3. The largest absolute Gasteiger partial charge is 0.435 e. The second-order valence-electron chi connectivity index (χ2n) is 10.6. The normalized spacial score (nSPS) is 15.9. The molecule has 0 spiro atoms. The molecule has 0 atom stereocenters. The number of aromatic amines is 1. The van der Waals surface area contributed by atoms with Crippen molar-refractivity contribution in [2.24, 2.45) is 5.41 Å². The van der Waals surface area contributed by atoms with Gasteiger partial charge in [0.1, 0.15) is 28.9 Å². The van der Waals surface area contributed by atoms with Gasteiger partial charge in [-0.25, -0.2) is 18.7 Å². The van der Waals surface area contributed by atoms with Crippen molar-refractivity contribution in [2.45, 2.75) is 12.8 Å². The number of nitrogens with one attached hydrogen (secondary N) is 4. The highest BCUT2D eigenvalue weighted by Crippen LogP contribution is 2.47. The zero-order valence-corrected chi connectivity index (χ0v) is 23.5. The molecule has 2 aliphatic rings. The van der Waals surface area contributed by atoms with E-state index in [4.69, 9.17) is 9.47 Å². The maximum Gasteiger partial charge on any atom is 0.267 e. The van der Waals surface area contributed by atoms with Crippen LogP contribution in [-0.2, 0) is 14.3 Å². The fourth-order valence-corrected chi connectivity index (χ4v) is 4.85. The van der Waals surface area contributed by atoms with Crippen LogP contribution in [0.2, 0.25) is 0 Å². The molecular weight excluding hydrogens is 576 g/mol. The van der Waals surface area contributed by atoms with Gasteiger partial charge in [0, 0.05) is 43.6 Å². The summed E-state index contributed by atoms with van der Waals surface area (Å²) in [5.74, 6) is -2.80. The summed E-state index contributed by atoms with van der Waals surface area (Å²) in [4.78, 5) is 51.9. The Kier molecular flexibility index (Phi) is 8.17. The lowest BCUT2D eigenvalue weighted by Crippen LogP contribution is -2.41. The van der Waals surface area contributed by atoms with E-state index in [1.165, 1.54) is 48.8 Å². The van der Waals surface area contributed by atoms with Crippen LogP contribution in [0.25, 0.3) is 11.0 Å². The molecule has 1 saturated heterocycles. The van der Waals surface area contributed by atoms with Gasteiger partial charge >= 0.3 is 0 Å². The topological polar surface area (TPSA) is 151 Å². The summed E-state index contributed by atoms with van der Waals surface area (Å²) in [7, 11) is 0. The number of anilines is 2. The van der Waals surface area contributed by atoms with Gasteiger partial charge in [-0.1, -0.05) is 0 Å². The minimum atomic E-state index is -1.30. The number of carbonyl (C=O) groups excluding carboxylic acids is 3. The van der Waals surface area contributed by atoms with E-state index >= 15 is 4.39 Å². The Morgan fingerprint density at radius 2 is 1.66 bits per heavy atom. The van der Waals surface area contributed by atoms with E-state index in [1.807, 2.05) is 0 Å². The predicted octanol–water partition coefficient (Wildman–Crippen LogP) is 3.45. The third-order valence-corrected chi connectivity index (χ3v) is 7.57. The van der Waals surface area contributed by atoms with Crippen molar-refractivity contribution in [3.63, 3.8) is 0 Å². The minimum Gasteiger partial charge on any atom is -0.435 e. The molecule has 12 nitrogen and oxygen atoms in total. The predicted molar refractivity (Wildman–Crippen MR) is 155 cm³/mol. The van der Waals surface area contributed by atoms with Gasteiger partial charge in [0.2, 0.25) is 17.7 Å². The zero-order chi connectivity index (χ0) is 30.7. The van der Waals surface area contributed by atoms with Crippen LogP contribution in [0.1, 0.15) is 23.3 Å². The third-order valence-electron chi connectivity index (χ3n) is 7.57. The van der Waals surface area contributed by atoms with Crippen molar-refractivity contribution in [1.29, 1.82) is 0 Å². The fraction of sp³-hybridized carbons (Fsp3) is 0.300. The number of hydrogen-bond acceptors (Lipinski definition) is 8. The second kappa shape index (κ2) is 12.3. The summed E-state index contributed by atoms with van der Waals surface area (Å²) in [6.45, 7) is 4.14. The molecule has 6 rings (SSSR count). The Hall–Kier alpha value is -4.95. The van der Waals surface area contributed by atoms with Crippen LogP contribution < -0.4 is 20.7 Å². The Bertz CT molecular complexity index is 1700. The number of halogens is 2. The quantitative estimate of drug-likeness (QED) is 0.201. The SMILES string of the molecule is O=C(NCCN1CCOCC1)c1cc2c(Oc3ccc(NC(=O)C4(C(=O)Nc5ccc(F)cc5)CC4)cc3F)ncnc2[nH]1. The van der Waals surface area contributed by atoms with E-state index in [1.54, 1.807) is 0 Å². The molecule has 3 heterocycles. The first kappa shape index (κ1) is 29.1. The molecule has 0 radical (unpaired) electrons. The second-order valence-corrected chi connectivity index (χ2v) is 10.6. The first-order valence-electron chi connectivity index (χ1n) is 14.1. The standard InChI is InChI=1S/C30H29F2N7O5/c31-18-1-3-19(4-2-18)36-28(41)30(7-8-30)29(42)37-20-5-6-24(22(32)15-20)44-27-21-16-23(38-25(21)34-17-35-27)26(40)33-9-10-39-11-13-43-14-12-39/h1-6,15-17H,7-14H2,(H,33,40)(H,36,41)(H,37,42)(H,34,35,38). The molecule has 228 valence electrons. The summed E-state index contributed by atoms with van der Waals surface area (Å²) < 4.78 is 39.3. The van der Waals surface area contributed by atoms with Crippen LogP contribution >= 0.6 is 0 Å². The highest BCUT2D eigenvalue weighted by atomic mass is 19.1.